The lowest BCUT2D eigenvalue weighted by atomic mass is 10.3. The van der Waals surface area contributed by atoms with Gasteiger partial charge in [-0.1, -0.05) is 45.8 Å². The molecule has 0 radical (unpaired) electrons. The number of aromatic nitrogens is 3. The fraction of sp³-hybridized carbons (Fsp3) is 0.103. The summed E-state index contributed by atoms with van der Waals surface area (Å²) in [6.07, 6.45) is 0. The van der Waals surface area contributed by atoms with Gasteiger partial charge in [0.15, 0.2) is 0 Å². The van der Waals surface area contributed by atoms with Crippen LogP contribution in [0.25, 0.3) is 71.7 Å². The third-order valence-electron chi connectivity index (χ3n) is 7.11. The van der Waals surface area contributed by atoms with Crippen LogP contribution >= 0.6 is 45.3 Å². The van der Waals surface area contributed by atoms with E-state index in [2.05, 4.69) is 66.7 Å². The van der Waals surface area contributed by atoms with Crippen molar-refractivity contribution < 1.29 is 0 Å². The van der Waals surface area contributed by atoms with Gasteiger partial charge in [-0.05, 0) is 36.4 Å². The molecule has 0 atom stereocenters. The van der Waals surface area contributed by atoms with Crippen molar-refractivity contribution in [2.45, 2.75) is 0 Å². The van der Waals surface area contributed by atoms with Gasteiger partial charge >= 0.3 is 11.7 Å². The summed E-state index contributed by atoms with van der Waals surface area (Å²) in [6.45, 7) is 14.2. The third kappa shape index (κ3) is 3.66. The molecule has 0 aliphatic rings. The normalized spacial score (nSPS) is 12.4. The first kappa shape index (κ1) is 25.9. The molecule has 0 aromatic carbocycles. The summed E-state index contributed by atoms with van der Waals surface area (Å²) in [4.78, 5) is 16.7. The van der Waals surface area contributed by atoms with Crippen LogP contribution in [0.4, 0.5) is 10.0 Å². The first-order valence-corrected chi connectivity index (χ1v) is 15.5. The number of rotatable bonds is 4. The molecule has 9 nitrogen and oxygen atoms in total. The highest BCUT2D eigenvalue weighted by molar-refractivity contribution is 7.33. The van der Waals surface area contributed by atoms with Crippen LogP contribution in [-0.2, 0) is 21.1 Å². The fourth-order valence-corrected chi connectivity index (χ4v) is 9.90. The molecule has 7 aromatic heterocycles. The van der Waals surface area contributed by atoms with E-state index in [1.54, 1.807) is 22.7 Å². The molecule has 0 saturated heterocycles. The van der Waals surface area contributed by atoms with Crippen molar-refractivity contribution in [2.75, 3.05) is 0 Å². The summed E-state index contributed by atoms with van der Waals surface area (Å²) in [5.41, 5.74) is 6.86. The predicted octanol–water partition coefficient (Wildman–Crippen LogP) is 8.84. The van der Waals surface area contributed by atoms with E-state index < -0.39 is 0 Å². The first-order chi connectivity index (χ1) is 20.4. The maximum Gasteiger partial charge on any atom is 0.350 e. The van der Waals surface area contributed by atoms with Crippen molar-refractivity contribution in [1.29, 1.82) is 10.5 Å². The summed E-state index contributed by atoms with van der Waals surface area (Å²) in [7, 11) is 6.28. The lowest BCUT2D eigenvalue weighted by Gasteiger charge is -2.04. The summed E-state index contributed by atoms with van der Waals surface area (Å²) < 4.78 is 11.7. The van der Waals surface area contributed by atoms with Crippen molar-refractivity contribution in [3.8, 4) is 33.3 Å². The Balaban J connectivity index is 1.36. The van der Waals surface area contributed by atoms with Crippen molar-refractivity contribution in [2.24, 2.45) is 31.1 Å². The predicted molar refractivity (Wildman–Crippen MR) is 174 cm³/mol. The lowest BCUT2D eigenvalue weighted by molar-refractivity contribution is 0.957. The highest BCUT2D eigenvalue weighted by Gasteiger charge is 2.25. The summed E-state index contributed by atoms with van der Waals surface area (Å²) >= 11 is 6.51. The maximum atomic E-state index is 9.06. The Hall–Kier alpha value is -5.02. The topological polar surface area (TPSA) is 95.8 Å². The Morgan fingerprint density at radius 1 is 0.667 bits per heavy atom. The van der Waals surface area contributed by atoms with Crippen LogP contribution in [-0.4, -0.2) is 25.4 Å². The quantitative estimate of drug-likeness (QED) is 0.112. The van der Waals surface area contributed by atoms with Gasteiger partial charge in [-0.3, -0.25) is 0 Å². The molecule has 7 heterocycles. The molecule has 0 unspecified atom stereocenters. The Morgan fingerprint density at radius 3 is 1.48 bits per heavy atom. The first-order valence-electron chi connectivity index (χ1n) is 12.3. The summed E-state index contributed by atoms with van der Waals surface area (Å²) in [6, 6.07) is 15.7. The number of hydrogen-bond acceptors (Lipinski definition) is 8. The summed E-state index contributed by atoms with van der Waals surface area (Å²) in [5, 5.41) is 19.4. The van der Waals surface area contributed by atoms with Gasteiger partial charge in [-0.15, -0.1) is 22.7 Å². The number of fused-ring (bicyclic) bond motifs is 7. The molecule has 0 aliphatic heterocycles. The fourth-order valence-electron chi connectivity index (χ4n) is 5.31. The van der Waals surface area contributed by atoms with E-state index in [0.717, 1.165) is 21.1 Å². The zero-order valence-corrected chi connectivity index (χ0v) is 25.4. The number of thiophene rings is 4. The standard InChI is InChI=1S/C29H15N9S4/c1-32-20(12-30)34-22-8-6-16(39-22)14-10-18-24(36(14)3)26-28(41-18)29-27(38(26)5)25-19(42-29)11-15(37(25)4)17-7-9-23(40-17)35-21(13-31)33-2/h6-11H,3-5H3. The van der Waals surface area contributed by atoms with E-state index in [1.165, 1.54) is 63.5 Å². The van der Waals surface area contributed by atoms with Crippen molar-refractivity contribution in [3.05, 3.63) is 59.2 Å². The molecule has 42 heavy (non-hydrogen) atoms. The second-order valence-corrected chi connectivity index (χ2v) is 13.5. The van der Waals surface area contributed by atoms with Gasteiger partial charge < -0.3 is 23.4 Å². The molecule has 0 bridgehead atoms. The van der Waals surface area contributed by atoms with Gasteiger partial charge in [0.05, 0.1) is 62.0 Å². The second-order valence-electron chi connectivity index (χ2n) is 9.32. The van der Waals surface area contributed by atoms with E-state index in [4.69, 9.17) is 23.7 Å². The molecular weight excluding hydrogens is 603 g/mol. The molecule has 13 heteroatoms. The van der Waals surface area contributed by atoms with E-state index in [9.17, 15) is 0 Å². The van der Waals surface area contributed by atoms with Crippen LogP contribution in [0.5, 0.6) is 0 Å². The monoisotopic (exact) mass is 617 g/mol. The Labute approximate surface area is 254 Å². The Bertz CT molecular complexity index is 2300. The zero-order valence-electron chi connectivity index (χ0n) is 22.1. The molecule has 0 spiro atoms. The highest BCUT2D eigenvalue weighted by atomic mass is 32.1. The van der Waals surface area contributed by atoms with Gasteiger partial charge in [0.25, 0.3) is 0 Å². The molecule has 0 aliphatic carbocycles. The van der Waals surface area contributed by atoms with Crippen LogP contribution in [0.15, 0.2) is 46.4 Å². The van der Waals surface area contributed by atoms with Gasteiger partial charge in [-0.25, -0.2) is 10.5 Å². The maximum absolute atomic E-state index is 9.06. The minimum atomic E-state index is -0.168. The van der Waals surface area contributed by atoms with Crippen LogP contribution in [0, 0.1) is 35.8 Å². The lowest BCUT2D eigenvalue weighted by Crippen LogP contribution is -1.94. The Morgan fingerprint density at radius 2 is 1.10 bits per heavy atom. The SMILES string of the molecule is [C-]#[N+]C(C#N)=Nc1ccc(-c2cc3sc4c5sc6cc(-c7ccc(N=C(C#N)[N+]#[C-])s7)n(C)c6c5n(C)c4c3n2C)s1. The molecule has 0 N–H and O–H groups in total. The number of aryl methyl sites for hydroxylation is 3. The van der Waals surface area contributed by atoms with Gasteiger partial charge in [0.2, 0.25) is 10.0 Å². The van der Waals surface area contributed by atoms with Gasteiger partial charge in [0.1, 0.15) is 12.1 Å². The van der Waals surface area contributed by atoms with E-state index in [-0.39, 0.29) is 11.7 Å². The second kappa shape index (κ2) is 9.53. The molecule has 0 amide bonds. The molecule has 0 fully saturated rings. The number of hydrogen-bond donors (Lipinski definition) is 0. The highest BCUT2D eigenvalue weighted by Crippen LogP contribution is 2.50. The van der Waals surface area contributed by atoms with E-state index in [1.807, 2.05) is 36.4 Å². The van der Waals surface area contributed by atoms with Gasteiger partial charge in [-0.2, -0.15) is 0 Å². The molecule has 200 valence electrons. The number of nitriles is 2. The van der Waals surface area contributed by atoms with Crippen LogP contribution in [0.3, 0.4) is 0 Å². The molecule has 0 saturated carbocycles. The largest absolute Gasteiger partial charge is 0.351 e. The van der Waals surface area contributed by atoms with Crippen LogP contribution < -0.4 is 0 Å². The summed E-state index contributed by atoms with van der Waals surface area (Å²) in [5.74, 6) is -0.337. The molecule has 7 rings (SSSR count). The van der Waals surface area contributed by atoms with Crippen LogP contribution in [0.2, 0.25) is 0 Å². The third-order valence-corrected chi connectivity index (χ3v) is 11.5. The van der Waals surface area contributed by atoms with Crippen LogP contribution in [0.1, 0.15) is 0 Å². The van der Waals surface area contributed by atoms with Gasteiger partial charge in [0, 0.05) is 21.1 Å². The molecular formula is C29H15N9S4. The average molecular weight is 618 g/mol. The minimum Gasteiger partial charge on any atom is -0.351 e. The van der Waals surface area contributed by atoms with Crippen molar-refractivity contribution in [1.82, 2.24) is 13.7 Å². The average Bonchev–Trinajstić information content (AvgIpc) is 3.83. The van der Waals surface area contributed by atoms with E-state index >= 15 is 0 Å². The molecule has 7 aromatic rings. The number of amidine groups is 2. The minimum absolute atomic E-state index is 0.168. The zero-order chi connectivity index (χ0) is 29.3. The number of aliphatic imine (C=N–C) groups is 2. The van der Waals surface area contributed by atoms with Crippen molar-refractivity contribution >= 4 is 108 Å². The number of nitrogens with zero attached hydrogens (tertiary/aromatic N) is 9. The smallest absolute Gasteiger partial charge is 0.350 e. The van der Waals surface area contributed by atoms with Crippen molar-refractivity contribution in [3.63, 3.8) is 0 Å². The Kier molecular flexibility index (Phi) is 5.88. The van der Waals surface area contributed by atoms with E-state index in [0.29, 0.717) is 10.0 Å².